The van der Waals surface area contributed by atoms with E-state index in [0.717, 1.165) is 5.56 Å². The van der Waals surface area contributed by atoms with Crippen LogP contribution in [0.3, 0.4) is 0 Å². The van der Waals surface area contributed by atoms with E-state index in [2.05, 4.69) is 16.9 Å². The lowest BCUT2D eigenvalue weighted by Gasteiger charge is -2.14. The summed E-state index contributed by atoms with van der Waals surface area (Å²) in [5.74, 6) is 0. The van der Waals surface area contributed by atoms with Crippen LogP contribution in [-0.4, -0.2) is 38.3 Å². The van der Waals surface area contributed by atoms with Crippen molar-refractivity contribution in [1.29, 1.82) is 0 Å². The van der Waals surface area contributed by atoms with Crippen molar-refractivity contribution in [2.24, 2.45) is 0 Å². The molecule has 1 rings (SSSR count). The first-order chi connectivity index (χ1) is 8.02. The first-order valence-electron chi connectivity index (χ1n) is 5.19. The number of rotatable bonds is 6. The minimum Gasteiger partial charge on any atom is -0.316 e. The topological polar surface area (TPSA) is 62.3 Å². The Kier molecular flexibility index (Phi) is 4.80. The second-order valence-corrected chi connectivity index (χ2v) is 5.60. The molecule has 0 saturated carbocycles. The summed E-state index contributed by atoms with van der Waals surface area (Å²) in [6.45, 7) is 4.44. The number of likely N-dealkylation sites (N-methyl/N-ethyl adjacent to an activating group) is 1. The van der Waals surface area contributed by atoms with E-state index in [0.29, 0.717) is 6.54 Å². The van der Waals surface area contributed by atoms with Crippen molar-refractivity contribution >= 4 is 10.0 Å². The number of pyridine rings is 1. The SMILES string of the molecule is C=CCN(C)S(=O)(=O)c1ccc(CNC)cn1. The summed E-state index contributed by atoms with van der Waals surface area (Å²) in [6, 6.07) is 3.26. The van der Waals surface area contributed by atoms with Crippen molar-refractivity contribution in [1.82, 2.24) is 14.6 Å². The fourth-order valence-corrected chi connectivity index (χ4v) is 2.36. The van der Waals surface area contributed by atoms with E-state index in [1.165, 1.54) is 23.5 Å². The molecular weight excluding hydrogens is 238 g/mol. The Hall–Kier alpha value is -1.24. The number of aromatic nitrogens is 1. The van der Waals surface area contributed by atoms with Crippen molar-refractivity contribution in [3.63, 3.8) is 0 Å². The van der Waals surface area contributed by atoms with Crippen LogP contribution in [0, 0.1) is 0 Å². The standard InChI is InChI=1S/C11H17N3O2S/c1-4-7-14(3)17(15,16)11-6-5-10(8-12-2)9-13-11/h4-6,9,12H,1,7-8H2,2-3H3. The third-order valence-electron chi connectivity index (χ3n) is 2.24. The van der Waals surface area contributed by atoms with Gasteiger partial charge in [0.2, 0.25) is 0 Å². The highest BCUT2D eigenvalue weighted by Crippen LogP contribution is 2.11. The molecule has 0 aliphatic rings. The van der Waals surface area contributed by atoms with Crippen LogP contribution in [0.2, 0.25) is 0 Å². The van der Waals surface area contributed by atoms with Gasteiger partial charge in [0.15, 0.2) is 5.03 Å². The summed E-state index contributed by atoms with van der Waals surface area (Å²) in [7, 11) is -0.180. The molecule has 1 N–H and O–H groups in total. The Morgan fingerprint density at radius 3 is 2.71 bits per heavy atom. The number of nitrogens with one attached hydrogen (secondary N) is 1. The van der Waals surface area contributed by atoms with E-state index in [1.54, 1.807) is 12.3 Å². The lowest BCUT2D eigenvalue weighted by Crippen LogP contribution is -2.27. The van der Waals surface area contributed by atoms with E-state index < -0.39 is 10.0 Å². The zero-order valence-electron chi connectivity index (χ0n) is 10.0. The smallest absolute Gasteiger partial charge is 0.260 e. The van der Waals surface area contributed by atoms with Crippen LogP contribution in [0.15, 0.2) is 36.0 Å². The number of hydrogen-bond acceptors (Lipinski definition) is 4. The molecule has 5 nitrogen and oxygen atoms in total. The summed E-state index contributed by atoms with van der Waals surface area (Å²) < 4.78 is 25.2. The molecular formula is C11H17N3O2S. The fraction of sp³-hybridized carbons (Fsp3) is 0.364. The molecule has 0 aliphatic carbocycles. The second kappa shape index (κ2) is 5.90. The van der Waals surface area contributed by atoms with Gasteiger partial charge in [-0.25, -0.2) is 13.4 Å². The van der Waals surface area contributed by atoms with Crippen molar-refractivity contribution in [3.05, 3.63) is 36.5 Å². The minimum absolute atomic E-state index is 0.0571. The number of hydrogen-bond donors (Lipinski definition) is 1. The molecule has 0 spiro atoms. The average Bonchev–Trinajstić information content (AvgIpc) is 2.30. The number of nitrogens with zero attached hydrogens (tertiary/aromatic N) is 2. The normalized spacial score (nSPS) is 11.7. The summed E-state index contributed by atoms with van der Waals surface area (Å²) in [6.07, 6.45) is 3.10. The zero-order valence-corrected chi connectivity index (χ0v) is 10.9. The average molecular weight is 255 g/mol. The molecule has 94 valence electrons. The Bertz CT molecular complexity index is 468. The predicted octanol–water partition coefficient (Wildman–Crippen LogP) is 0.607. The minimum atomic E-state index is -3.50. The first kappa shape index (κ1) is 13.8. The Morgan fingerprint density at radius 2 is 2.24 bits per heavy atom. The monoisotopic (exact) mass is 255 g/mol. The van der Waals surface area contributed by atoms with E-state index in [4.69, 9.17) is 0 Å². The van der Waals surface area contributed by atoms with Gasteiger partial charge in [0, 0.05) is 26.3 Å². The number of sulfonamides is 1. The maximum absolute atomic E-state index is 12.0. The van der Waals surface area contributed by atoms with Crippen molar-refractivity contribution in [3.8, 4) is 0 Å². The Labute approximate surface area is 102 Å². The highest BCUT2D eigenvalue weighted by molar-refractivity contribution is 7.89. The largest absolute Gasteiger partial charge is 0.316 e. The van der Waals surface area contributed by atoms with Crippen LogP contribution in [-0.2, 0) is 16.6 Å². The Balaban J connectivity index is 2.95. The van der Waals surface area contributed by atoms with Crippen molar-refractivity contribution < 1.29 is 8.42 Å². The molecule has 0 unspecified atom stereocenters. The third-order valence-corrected chi connectivity index (χ3v) is 3.98. The van der Waals surface area contributed by atoms with Gasteiger partial charge in [-0.1, -0.05) is 12.1 Å². The summed E-state index contributed by atoms with van der Waals surface area (Å²) in [5.41, 5.74) is 0.942. The van der Waals surface area contributed by atoms with Crippen LogP contribution < -0.4 is 5.32 Å². The van der Waals surface area contributed by atoms with Crippen LogP contribution in [0.1, 0.15) is 5.56 Å². The molecule has 0 saturated heterocycles. The summed E-state index contributed by atoms with van der Waals surface area (Å²) in [5, 5.41) is 3.03. The Morgan fingerprint density at radius 1 is 1.53 bits per heavy atom. The van der Waals surface area contributed by atoms with Gasteiger partial charge in [0.1, 0.15) is 0 Å². The maximum Gasteiger partial charge on any atom is 0.260 e. The molecule has 0 atom stereocenters. The molecule has 1 aromatic heterocycles. The quantitative estimate of drug-likeness (QED) is 0.756. The van der Waals surface area contributed by atoms with Crippen LogP contribution in [0.25, 0.3) is 0 Å². The second-order valence-electron chi connectivity index (χ2n) is 3.61. The highest BCUT2D eigenvalue weighted by atomic mass is 32.2. The summed E-state index contributed by atoms with van der Waals surface area (Å²) >= 11 is 0. The van der Waals surface area contributed by atoms with Crippen LogP contribution in [0.5, 0.6) is 0 Å². The van der Waals surface area contributed by atoms with Crippen molar-refractivity contribution in [2.45, 2.75) is 11.6 Å². The third kappa shape index (κ3) is 3.36. The van der Waals surface area contributed by atoms with Gasteiger partial charge in [0.05, 0.1) is 0 Å². The zero-order chi connectivity index (χ0) is 12.9. The first-order valence-corrected chi connectivity index (χ1v) is 6.63. The van der Waals surface area contributed by atoms with Gasteiger partial charge in [-0.15, -0.1) is 6.58 Å². The molecule has 6 heteroatoms. The molecule has 0 bridgehead atoms. The van der Waals surface area contributed by atoms with Gasteiger partial charge in [-0.05, 0) is 18.7 Å². The van der Waals surface area contributed by atoms with Gasteiger partial charge in [-0.3, -0.25) is 0 Å². The van der Waals surface area contributed by atoms with E-state index in [-0.39, 0.29) is 11.6 Å². The molecule has 1 aromatic rings. The van der Waals surface area contributed by atoms with Crippen LogP contribution in [0.4, 0.5) is 0 Å². The lowest BCUT2D eigenvalue weighted by molar-refractivity contribution is 0.496. The molecule has 1 heterocycles. The van der Waals surface area contributed by atoms with Gasteiger partial charge >= 0.3 is 0 Å². The van der Waals surface area contributed by atoms with Gasteiger partial charge in [0.25, 0.3) is 10.0 Å². The maximum atomic E-state index is 12.0. The van der Waals surface area contributed by atoms with E-state index in [1.807, 2.05) is 7.05 Å². The lowest BCUT2D eigenvalue weighted by atomic mass is 10.3. The fourth-order valence-electron chi connectivity index (χ4n) is 1.31. The predicted molar refractivity (Wildman–Crippen MR) is 67.0 cm³/mol. The van der Waals surface area contributed by atoms with Crippen LogP contribution >= 0.6 is 0 Å². The van der Waals surface area contributed by atoms with Gasteiger partial charge < -0.3 is 5.32 Å². The molecule has 0 amide bonds. The van der Waals surface area contributed by atoms with Crippen molar-refractivity contribution in [2.75, 3.05) is 20.6 Å². The molecule has 0 radical (unpaired) electrons. The van der Waals surface area contributed by atoms with E-state index in [9.17, 15) is 8.42 Å². The summed E-state index contributed by atoms with van der Waals surface area (Å²) in [4.78, 5) is 3.97. The molecule has 0 aromatic carbocycles. The molecule has 17 heavy (non-hydrogen) atoms. The molecule has 0 aliphatic heterocycles. The highest BCUT2D eigenvalue weighted by Gasteiger charge is 2.20. The van der Waals surface area contributed by atoms with Gasteiger partial charge in [-0.2, -0.15) is 4.31 Å². The van der Waals surface area contributed by atoms with E-state index >= 15 is 0 Å². The molecule has 0 fully saturated rings.